The van der Waals surface area contributed by atoms with E-state index in [1.54, 1.807) is 42.8 Å². The van der Waals surface area contributed by atoms with E-state index >= 15 is 0 Å². The lowest BCUT2D eigenvalue weighted by Gasteiger charge is -2.12. The van der Waals surface area contributed by atoms with Crippen LogP contribution >= 0.6 is 0 Å². The zero-order valence-electron chi connectivity index (χ0n) is 18.3. The molecule has 0 saturated carbocycles. The molecule has 1 unspecified atom stereocenters. The molecule has 1 saturated heterocycles. The van der Waals surface area contributed by atoms with Crippen molar-refractivity contribution in [2.45, 2.75) is 39.3 Å². The summed E-state index contributed by atoms with van der Waals surface area (Å²) in [7, 11) is 0. The first-order chi connectivity index (χ1) is 16.0. The fourth-order valence-corrected chi connectivity index (χ4v) is 4.22. The number of H-pyrrole nitrogens is 1. The summed E-state index contributed by atoms with van der Waals surface area (Å²) in [5, 5.41) is 7.49. The van der Waals surface area contributed by atoms with Crippen LogP contribution in [0.2, 0.25) is 0 Å². The number of hydrogen-bond acceptors (Lipinski definition) is 7. The van der Waals surface area contributed by atoms with Crippen molar-refractivity contribution < 1.29 is 14.3 Å². The highest BCUT2D eigenvalue weighted by Crippen LogP contribution is 2.19. The minimum Gasteiger partial charge on any atom is -0.462 e. The van der Waals surface area contributed by atoms with Crippen molar-refractivity contribution in [2.75, 3.05) is 13.2 Å². The first-order valence-electron chi connectivity index (χ1n) is 10.9. The van der Waals surface area contributed by atoms with Gasteiger partial charge in [0, 0.05) is 24.7 Å². The Kier molecular flexibility index (Phi) is 5.29. The van der Waals surface area contributed by atoms with Crippen LogP contribution < -0.4 is 11.1 Å². The molecule has 4 aromatic heterocycles. The Balaban J connectivity index is 1.65. The van der Waals surface area contributed by atoms with Gasteiger partial charge in [-0.2, -0.15) is 5.10 Å². The molecule has 1 atom stereocenters. The molecule has 1 aliphatic rings. The van der Waals surface area contributed by atoms with Crippen LogP contribution in [-0.2, 0) is 16.0 Å². The standard InChI is InChI=1S/C23H23N5O5/c1-3-32-23(31)19-13(2)25-26-20(19)28-9-7-18-16(22(28)30)11-15-17(24-18)6-8-27(21(15)29)12-14-5-4-10-33-14/h6-9,11,14H,3-5,10,12H2,1-2H3,(H,25,26). The molecular weight excluding hydrogens is 426 g/mol. The Hall–Kier alpha value is -3.79. The molecule has 5 rings (SSSR count). The van der Waals surface area contributed by atoms with E-state index in [4.69, 9.17) is 9.47 Å². The third-order valence-corrected chi connectivity index (χ3v) is 5.88. The fourth-order valence-electron chi connectivity index (χ4n) is 4.22. The largest absolute Gasteiger partial charge is 0.462 e. The van der Waals surface area contributed by atoms with E-state index in [2.05, 4.69) is 15.2 Å². The summed E-state index contributed by atoms with van der Waals surface area (Å²) in [4.78, 5) is 43.5. The second-order valence-electron chi connectivity index (χ2n) is 8.02. The van der Waals surface area contributed by atoms with Gasteiger partial charge in [-0.05, 0) is 44.9 Å². The van der Waals surface area contributed by atoms with Gasteiger partial charge < -0.3 is 14.0 Å². The number of esters is 1. The average molecular weight is 449 g/mol. The van der Waals surface area contributed by atoms with E-state index in [0.717, 1.165) is 12.8 Å². The molecule has 0 aliphatic carbocycles. The van der Waals surface area contributed by atoms with E-state index in [-0.39, 0.29) is 35.0 Å². The minimum atomic E-state index is -0.570. The maximum Gasteiger partial charge on any atom is 0.343 e. The smallest absolute Gasteiger partial charge is 0.343 e. The SMILES string of the molecule is CCOC(=O)c1c(-n2ccc3nc4ccn(CC5CCCO5)c(=O)c4cc3c2=O)n[nH]c1C. The molecule has 5 heterocycles. The lowest BCUT2D eigenvalue weighted by atomic mass is 10.1. The molecule has 0 bridgehead atoms. The number of ether oxygens (including phenoxy) is 2. The first kappa shape index (κ1) is 21.1. The Morgan fingerprint density at radius 2 is 1.97 bits per heavy atom. The second-order valence-corrected chi connectivity index (χ2v) is 8.02. The zero-order valence-corrected chi connectivity index (χ0v) is 18.3. The number of rotatable bonds is 5. The Morgan fingerprint density at radius 1 is 1.21 bits per heavy atom. The summed E-state index contributed by atoms with van der Waals surface area (Å²) in [5.74, 6) is -0.429. The number of aryl methyl sites for hydroxylation is 1. The van der Waals surface area contributed by atoms with Crippen molar-refractivity contribution in [1.82, 2.24) is 24.3 Å². The number of nitrogens with one attached hydrogen (secondary N) is 1. The Morgan fingerprint density at radius 3 is 2.70 bits per heavy atom. The van der Waals surface area contributed by atoms with E-state index < -0.39 is 11.5 Å². The maximum absolute atomic E-state index is 13.4. The summed E-state index contributed by atoms with van der Waals surface area (Å²) < 4.78 is 13.6. The molecule has 170 valence electrons. The van der Waals surface area contributed by atoms with Crippen LogP contribution in [0.4, 0.5) is 0 Å². The van der Waals surface area contributed by atoms with Crippen LogP contribution in [0.25, 0.3) is 27.6 Å². The molecule has 10 heteroatoms. The van der Waals surface area contributed by atoms with Crippen LogP contribution in [-0.4, -0.2) is 49.6 Å². The number of hydrogen-bond donors (Lipinski definition) is 1. The van der Waals surface area contributed by atoms with Crippen LogP contribution in [0, 0.1) is 6.92 Å². The summed E-state index contributed by atoms with van der Waals surface area (Å²) >= 11 is 0. The normalized spacial score (nSPS) is 16.0. The number of carbonyl (C=O) groups excluding carboxylic acids is 1. The lowest BCUT2D eigenvalue weighted by Crippen LogP contribution is -2.26. The van der Waals surface area contributed by atoms with Gasteiger partial charge in [-0.1, -0.05) is 0 Å². The first-order valence-corrected chi connectivity index (χ1v) is 10.9. The number of carbonyl (C=O) groups is 1. The van der Waals surface area contributed by atoms with Crippen molar-refractivity contribution in [3.05, 3.63) is 62.6 Å². The quantitative estimate of drug-likeness (QED) is 0.366. The molecule has 0 spiro atoms. The molecular formula is C23H23N5O5. The molecule has 33 heavy (non-hydrogen) atoms. The van der Waals surface area contributed by atoms with Crippen molar-refractivity contribution >= 4 is 27.8 Å². The topological polar surface area (TPSA) is 121 Å². The summed E-state index contributed by atoms with van der Waals surface area (Å²) in [5.41, 5.74) is 0.971. The summed E-state index contributed by atoms with van der Waals surface area (Å²) in [6.45, 7) is 4.75. The predicted molar refractivity (Wildman–Crippen MR) is 121 cm³/mol. The van der Waals surface area contributed by atoms with Gasteiger partial charge in [0.05, 0.1) is 41.1 Å². The molecule has 10 nitrogen and oxygen atoms in total. The number of pyridine rings is 3. The Bertz CT molecular complexity index is 1490. The molecule has 0 amide bonds. The van der Waals surface area contributed by atoms with Crippen LogP contribution in [0.1, 0.15) is 35.8 Å². The van der Waals surface area contributed by atoms with Crippen molar-refractivity contribution in [3.63, 3.8) is 0 Å². The second kappa shape index (κ2) is 8.28. The molecule has 0 aromatic carbocycles. The maximum atomic E-state index is 13.4. The molecule has 1 aliphatic heterocycles. The highest BCUT2D eigenvalue weighted by atomic mass is 16.5. The van der Waals surface area contributed by atoms with Gasteiger partial charge in [0.1, 0.15) is 5.56 Å². The minimum absolute atomic E-state index is 0.00926. The molecule has 1 fully saturated rings. The zero-order chi connectivity index (χ0) is 23.1. The number of fused-ring (bicyclic) bond motifs is 2. The van der Waals surface area contributed by atoms with Crippen molar-refractivity contribution in [1.29, 1.82) is 0 Å². The van der Waals surface area contributed by atoms with Crippen molar-refractivity contribution in [2.24, 2.45) is 0 Å². The summed E-state index contributed by atoms with van der Waals surface area (Å²) in [6, 6.07) is 4.99. The number of aromatic amines is 1. The van der Waals surface area contributed by atoms with Gasteiger partial charge in [-0.3, -0.25) is 19.3 Å². The van der Waals surface area contributed by atoms with Crippen molar-refractivity contribution in [3.8, 4) is 5.82 Å². The van der Waals surface area contributed by atoms with E-state index in [1.165, 1.54) is 10.8 Å². The predicted octanol–water partition coefficient (Wildman–Crippen LogP) is 2.09. The van der Waals surface area contributed by atoms with E-state index in [9.17, 15) is 14.4 Å². The van der Waals surface area contributed by atoms with Crippen LogP contribution in [0.15, 0.2) is 40.2 Å². The Labute approximate surface area is 187 Å². The van der Waals surface area contributed by atoms with Crippen LogP contribution in [0.5, 0.6) is 0 Å². The number of aromatic nitrogens is 5. The molecule has 0 radical (unpaired) electrons. The lowest BCUT2D eigenvalue weighted by molar-refractivity contribution is 0.0525. The van der Waals surface area contributed by atoms with E-state index in [0.29, 0.717) is 35.3 Å². The van der Waals surface area contributed by atoms with Gasteiger partial charge in [0.15, 0.2) is 5.82 Å². The molecule has 4 aromatic rings. The van der Waals surface area contributed by atoms with Crippen LogP contribution in [0.3, 0.4) is 0 Å². The monoisotopic (exact) mass is 449 g/mol. The third-order valence-electron chi connectivity index (χ3n) is 5.88. The number of nitrogens with zero attached hydrogens (tertiary/aromatic N) is 4. The summed E-state index contributed by atoms with van der Waals surface area (Å²) in [6.07, 6.45) is 5.14. The highest BCUT2D eigenvalue weighted by Gasteiger charge is 2.22. The highest BCUT2D eigenvalue weighted by molar-refractivity contribution is 5.95. The molecule has 1 N–H and O–H groups in total. The van der Waals surface area contributed by atoms with Gasteiger partial charge in [-0.15, -0.1) is 0 Å². The third kappa shape index (κ3) is 3.62. The van der Waals surface area contributed by atoms with Gasteiger partial charge in [0.25, 0.3) is 11.1 Å². The van der Waals surface area contributed by atoms with Gasteiger partial charge >= 0.3 is 5.97 Å². The van der Waals surface area contributed by atoms with E-state index in [1.807, 2.05) is 0 Å². The van der Waals surface area contributed by atoms with Gasteiger partial charge in [0.2, 0.25) is 0 Å². The average Bonchev–Trinajstić information content (AvgIpc) is 3.45. The fraction of sp³-hybridized carbons (Fsp3) is 0.348. The van der Waals surface area contributed by atoms with Gasteiger partial charge in [-0.25, -0.2) is 9.78 Å².